The third kappa shape index (κ3) is 7.02. The van der Waals surface area contributed by atoms with Crippen LogP contribution in [0.25, 0.3) is 0 Å². The summed E-state index contributed by atoms with van der Waals surface area (Å²) in [5, 5.41) is 9.48. The van der Waals surface area contributed by atoms with Crippen molar-refractivity contribution in [3.63, 3.8) is 0 Å². The normalized spacial score (nSPS) is 25.7. The second kappa shape index (κ2) is 10.6. The summed E-state index contributed by atoms with van der Waals surface area (Å²) in [5.41, 5.74) is 0. The van der Waals surface area contributed by atoms with Crippen molar-refractivity contribution < 1.29 is 9.05 Å². The van der Waals surface area contributed by atoms with E-state index in [4.69, 9.17) is 14.3 Å². The van der Waals surface area contributed by atoms with E-state index >= 15 is 0 Å². The van der Waals surface area contributed by atoms with E-state index in [0.717, 1.165) is 12.8 Å². The van der Waals surface area contributed by atoms with Gasteiger partial charge in [0, 0.05) is 22.1 Å². The van der Waals surface area contributed by atoms with Crippen LogP contribution in [0.15, 0.2) is 0 Å². The molecule has 0 radical (unpaired) electrons. The monoisotopic (exact) mass is 392 g/mol. The summed E-state index contributed by atoms with van der Waals surface area (Å²) in [6.45, 7) is 16.0. The van der Waals surface area contributed by atoms with Crippen molar-refractivity contribution in [2.75, 3.05) is 6.61 Å². The Hall–Kier alpha value is 0.500. The molecule has 0 aromatic carbocycles. The molecule has 3 atom stereocenters. The number of hydrogen-bond donors (Lipinski definition) is 0. The lowest BCUT2D eigenvalue weighted by Gasteiger charge is -2.40. The predicted molar refractivity (Wildman–Crippen MR) is 108 cm³/mol. The molecule has 0 aliphatic carbocycles. The first-order chi connectivity index (χ1) is 11.2. The van der Waals surface area contributed by atoms with Gasteiger partial charge in [0.2, 0.25) is 0 Å². The Labute approximate surface area is 157 Å². The van der Waals surface area contributed by atoms with Crippen molar-refractivity contribution in [2.45, 2.75) is 95.9 Å². The van der Waals surface area contributed by atoms with Crippen molar-refractivity contribution in [2.24, 2.45) is 0 Å². The molecular weight excluding hydrogens is 359 g/mol. The van der Waals surface area contributed by atoms with Crippen LogP contribution in [0.4, 0.5) is 0 Å². The fourth-order valence-corrected chi connectivity index (χ4v) is 7.35. The quantitative estimate of drug-likeness (QED) is 0.287. The third-order valence-corrected chi connectivity index (χ3v) is 9.97. The lowest BCUT2D eigenvalue weighted by atomic mass is 10.0. The Bertz CT molecular complexity index is 408. The molecule has 1 heterocycles. The van der Waals surface area contributed by atoms with Crippen LogP contribution in [-0.2, 0) is 9.05 Å². The zero-order valence-corrected chi connectivity index (χ0v) is 18.6. The molecule has 1 rings (SSSR count). The molecule has 0 amide bonds. The van der Waals surface area contributed by atoms with Gasteiger partial charge in [0.15, 0.2) is 0 Å². The molecule has 0 spiro atoms. The van der Waals surface area contributed by atoms with Crippen LogP contribution in [0.1, 0.15) is 67.7 Å². The first-order valence-corrected chi connectivity index (χ1v) is 12.1. The van der Waals surface area contributed by atoms with Gasteiger partial charge in [0.1, 0.15) is 0 Å². The molecule has 1 aliphatic heterocycles. The summed E-state index contributed by atoms with van der Waals surface area (Å²) in [6.07, 6.45) is 2.78. The van der Waals surface area contributed by atoms with Crippen LogP contribution < -0.4 is 0 Å². The van der Waals surface area contributed by atoms with Gasteiger partial charge in [-0.2, -0.15) is 5.26 Å². The van der Waals surface area contributed by atoms with Gasteiger partial charge >= 0.3 is 0 Å². The van der Waals surface area contributed by atoms with Gasteiger partial charge in [-0.3, -0.25) is 0 Å². The number of nitriles is 1. The van der Waals surface area contributed by atoms with Gasteiger partial charge in [-0.05, 0) is 54.4 Å². The second-order valence-electron chi connectivity index (χ2n) is 7.31. The molecule has 0 N–H and O–H groups in total. The molecule has 1 saturated heterocycles. The summed E-state index contributed by atoms with van der Waals surface area (Å²) in [7, 11) is 2.74. The van der Waals surface area contributed by atoms with Gasteiger partial charge in [-0.1, -0.05) is 28.5 Å². The molecule has 0 aromatic rings. The molecule has 1 fully saturated rings. The van der Waals surface area contributed by atoms with Gasteiger partial charge in [-0.25, -0.2) is 4.67 Å². The van der Waals surface area contributed by atoms with Crippen molar-refractivity contribution in [1.29, 1.82) is 5.26 Å². The molecule has 3 unspecified atom stereocenters. The van der Waals surface area contributed by atoms with E-state index in [-0.39, 0.29) is 10.9 Å². The Balaban J connectivity index is 2.90. The van der Waals surface area contributed by atoms with Gasteiger partial charge in [0.25, 0.3) is 8.53 Å². The summed E-state index contributed by atoms with van der Waals surface area (Å²) in [4.78, 5) is 0. The molecule has 24 heavy (non-hydrogen) atoms. The van der Waals surface area contributed by atoms with E-state index in [2.05, 4.69) is 59.2 Å². The Morgan fingerprint density at radius 3 is 2.42 bits per heavy atom. The largest absolute Gasteiger partial charge is 0.321 e. The molecule has 4 nitrogen and oxygen atoms in total. The van der Waals surface area contributed by atoms with Crippen molar-refractivity contribution in [3.8, 4) is 6.07 Å². The van der Waals surface area contributed by atoms with Crippen molar-refractivity contribution in [1.82, 2.24) is 4.67 Å². The zero-order valence-electron chi connectivity index (χ0n) is 16.1. The maximum absolute atomic E-state index is 8.82. The first kappa shape index (κ1) is 22.5. The highest BCUT2D eigenvalue weighted by molar-refractivity contribution is 8.77. The molecule has 0 saturated carbocycles. The van der Waals surface area contributed by atoms with E-state index in [0.29, 0.717) is 30.4 Å². The minimum atomic E-state index is -1.16. The van der Waals surface area contributed by atoms with Gasteiger partial charge < -0.3 is 9.05 Å². The minimum absolute atomic E-state index is 0.0498. The standard InChI is InChI=1S/C17H33N2O2PS2/c1-13(2)19(14(3)4)22(20-12-8-11-18)21-16-10-9-15(5)23-24-17(16,6)7/h13-16H,8-10,12H2,1-7H3. The third-order valence-electron chi connectivity index (χ3n) is 3.92. The number of rotatable bonds is 8. The second-order valence-corrected chi connectivity index (χ2v) is 12.0. The molecule has 7 heteroatoms. The van der Waals surface area contributed by atoms with E-state index in [1.165, 1.54) is 0 Å². The van der Waals surface area contributed by atoms with Crippen LogP contribution in [0.5, 0.6) is 0 Å². The number of hydrogen-bond acceptors (Lipinski definition) is 6. The maximum atomic E-state index is 8.82. The molecule has 1 aliphatic rings. The summed E-state index contributed by atoms with van der Waals surface area (Å²) < 4.78 is 15.0. The Kier molecular flexibility index (Phi) is 9.96. The van der Waals surface area contributed by atoms with Crippen LogP contribution in [0.2, 0.25) is 0 Å². The van der Waals surface area contributed by atoms with Crippen LogP contribution >= 0.6 is 30.1 Å². The van der Waals surface area contributed by atoms with E-state index < -0.39 is 8.53 Å². The maximum Gasteiger partial charge on any atom is 0.259 e. The van der Waals surface area contributed by atoms with E-state index in [1.54, 1.807) is 0 Å². The van der Waals surface area contributed by atoms with Crippen molar-refractivity contribution in [3.05, 3.63) is 0 Å². The van der Waals surface area contributed by atoms with Crippen LogP contribution in [0.3, 0.4) is 0 Å². The fraction of sp³-hybridized carbons (Fsp3) is 0.941. The van der Waals surface area contributed by atoms with Crippen LogP contribution in [-0.4, -0.2) is 39.5 Å². The summed E-state index contributed by atoms with van der Waals surface area (Å²) in [6, 6.07) is 2.84. The average molecular weight is 393 g/mol. The molecule has 0 aromatic heterocycles. The Morgan fingerprint density at radius 1 is 1.25 bits per heavy atom. The Morgan fingerprint density at radius 2 is 1.88 bits per heavy atom. The highest BCUT2D eigenvalue weighted by atomic mass is 33.1. The highest BCUT2D eigenvalue weighted by Crippen LogP contribution is 2.54. The molecule has 0 bridgehead atoms. The summed E-state index contributed by atoms with van der Waals surface area (Å²) in [5.74, 6) is 0. The zero-order chi connectivity index (χ0) is 18.3. The fourth-order valence-electron chi connectivity index (χ4n) is 2.62. The topological polar surface area (TPSA) is 45.5 Å². The average Bonchev–Trinajstić information content (AvgIpc) is 2.59. The van der Waals surface area contributed by atoms with Gasteiger partial charge in [-0.15, -0.1) is 0 Å². The SMILES string of the molecule is CC1CCC(OP(OCCC#N)N(C(C)C)C(C)C)C(C)(C)SS1. The smallest absolute Gasteiger partial charge is 0.259 e. The van der Waals surface area contributed by atoms with Crippen LogP contribution in [0, 0.1) is 11.3 Å². The van der Waals surface area contributed by atoms with E-state index in [1.807, 2.05) is 21.6 Å². The minimum Gasteiger partial charge on any atom is -0.321 e. The number of nitrogens with zero attached hydrogens (tertiary/aromatic N) is 2. The summed E-state index contributed by atoms with van der Waals surface area (Å²) >= 11 is 0. The van der Waals surface area contributed by atoms with E-state index in [9.17, 15) is 0 Å². The molecular formula is C17H33N2O2PS2. The molecule has 140 valence electrons. The van der Waals surface area contributed by atoms with Crippen molar-refractivity contribution >= 4 is 30.1 Å². The van der Waals surface area contributed by atoms with Gasteiger partial charge in [0.05, 0.1) is 25.2 Å². The first-order valence-electron chi connectivity index (χ1n) is 8.78. The lowest BCUT2D eigenvalue weighted by molar-refractivity contribution is 0.108. The lowest BCUT2D eigenvalue weighted by Crippen LogP contribution is -2.38. The highest BCUT2D eigenvalue weighted by Gasteiger charge is 2.39. The predicted octanol–water partition coefficient (Wildman–Crippen LogP) is 5.99.